The molecule has 4 heteroatoms. The van der Waals surface area contributed by atoms with Crippen LogP contribution in [0.3, 0.4) is 0 Å². The fraction of sp³-hybridized carbons (Fsp3) is 0.583. The Kier molecular flexibility index (Phi) is 3.99. The maximum absolute atomic E-state index is 11.7. The van der Waals surface area contributed by atoms with Crippen LogP contribution >= 0.6 is 0 Å². The van der Waals surface area contributed by atoms with Crippen molar-refractivity contribution in [1.82, 2.24) is 9.97 Å². The molecule has 1 aromatic rings. The maximum Gasteiger partial charge on any atom is 0.165 e. The highest BCUT2D eigenvalue weighted by Crippen LogP contribution is 2.18. The number of hydrogen-bond acceptors (Lipinski definition) is 4. The molecule has 0 N–H and O–H groups in total. The van der Waals surface area contributed by atoms with Gasteiger partial charge in [-0.3, -0.25) is 4.79 Å². The molecule has 0 radical (unpaired) electrons. The van der Waals surface area contributed by atoms with Crippen molar-refractivity contribution in [2.24, 2.45) is 0 Å². The molecule has 1 unspecified atom stereocenters. The van der Waals surface area contributed by atoms with Gasteiger partial charge in [-0.2, -0.15) is 0 Å². The van der Waals surface area contributed by atoms with Crippen molar-refractivity contribution in [3.63, 3.8) is 0 Å². The largest absolute Gasteiger partial charge is 0.378 e. The molecule has 0 bridgehead atoms. The minimum atomic E-state index is 0.124. The predicted molar refractivity (Wildman–Crippen MR) is 59.2 cm³/mol. The Morgan fingerprint density at radius 3 is 2.94 bits per heavy atom. The van der Waals surface area contributed by atoms with E-state index in [9.17, 15) is 4.79 Å². The Bertz CT molecular complexity index is 334. The van der Waals surface area contributed by atoms with Crippen LogP contribution in [0.2, 0.25) is 0 Å². The van der Waals surface area contributed by atoms with Crippen molar-refractivity contribution in [3.8, 4) is 0 Å². The predicted octanol–water partition coefficient (Wildman–Crippen LogP) is 2.01. The van der Waals surface area contributed by atoms with Gasteiger partial charge in [0.15, 0.2) is 5.78 Å². The standard InChI is InChI=1S/C12H16N2O2/c15-12(10-7-13-9-14-8-10)5-1-3-11-4-2-6-16-11/h7-9,11H,1-6H2. The van der Waals surface area contributed by atoms with Crippen molar-refractivity contribution in [2.45, 2.75) is 38.2 Å². The highest BCUT2D eigenvalue weighted by Gasteiger charge is 2.15. The summed E-state index contributed by atoms with van der Waals surface area (Å²) in [6.07, 6.45) is 9.69. The van der Waals surface area contributed by atoms with Gasteiger partial charge in [0.1, 0.15) is 6.33 Å². The van der Waals surface area contributed by atoms with Gasteiger partial charge in [0.05, 0.1) is 11.7 Å². The normalized spacial score (nSPS) is 19.9. The number of carbonyl (C=O) groups excluding carboxylic acids is 1. The number of aromatic nitrogens is 2. The van der Waals surface area contributed by atoms with E-state index in [1.54, 1.807) is 12.4 Å². The number of rotatable bonds is 5. The number of ether oxygens (including phenoxy) is 1. The first kappa shape index (κ1) is 11.2. The summed E-state index contributed by atoms with van der Waals surface area (Å²) >= 11 is 0. The minimum absolute atomic E-state index is 0.124. The molecule has 0 aliphatic carbocycles. The van der Waals surface area contributed by atoms with Crippen LogP contribution in [0.25, 0.3) is 0 Å². The molecule has 0 saturated carbocycles. The molecule has 2 rings (SSSR count). The van der Waals surface area contributed by atoms with Crippen molar-refractivity contribution < 1.29 is 9.53 Å². The lowest BCUT2D eigenvalue weighted by atomic mass is 10.1. The van der Waals surface area contributed by atoms with Gasteiger partial charge in [-0.1, -0.05) is 0 Å². The molecule has 1 atom stereocenters. The number of carbonyl (C=O) groups is 1. The van der Waals surface area contributed by atoms with Gasteiger partial charge in [-0.25, -0.2) is 9.97 Å². The van der Waals surface area contributed by atoms with Crippen LogP contribution in [0, 0.1) is 0 Å². The van der Waals surface area contributed by atoms with Crippen LogP contribution in [0.1, 0.15) is 42.5 Å². The topological polar surface area (TPSA) is 52.1 Å². The van der Waals surface area contributed by atoms with E-state index < -0.39 is 0 Å². The van der Waals surface area contributed by atoms with Gasteiger partial charge >= 0.3 is 0 Å². The Balaban J connectivity index is 1.71. The molecule has 0 spiro atoms. The molecule has 16 heavy (non-hydrogen) atoms. The van der Waals surface area contributed by atoms with E-state index in [2.05, 4.69) is 9.97 Å². The molecule has 86 valence electrons. The highest BCUT2D eigenvalue weighted by molar-refractivity contribution is 5.95. The quantitative estimate of drug-likeness (QED) is 0.712. The zero-order valence-electron chi connectivity index (χ0n) is 9.26. The van der Waals surface area contributed by atoms with E-state index in [-0.39, 0.29) is 5.78 Å². The molecule has 1 aromatic heterocycles. The van der Waals surface area contributed by atoms with E-state index in [0.29, 0.717) is 18.1 Å². The zero-order valence-corrected chi connectivity index (χ0v) is 9.26. The second kappa shape index (κ2) is 5.70. The third kappa shape index (κ3) is 3.10. The van der Waals surface area contributed by atoms with E-state index in [1.807, 2.05) is 0 Å². The van der Waals surface area contributed by atoms with Crippen molar-refractivity contribution >= 4 is 5.78 Å². The second-order valence-corrected chi connectivity index (χ2v) is 4.08. The number of nitrogens with zero attached hydrogens (tertiary/aromatic N) is 2. The van der Waals surface area contributed by atoms with Crippen LogP contribution < -0.4 is 0 Å². The Labute approximate surface area is 95.1 Å². The molecular formula is C12H16N2O2. The second-order valence-electron chi connectivity index (χ2n) is 4.08. The highest BCUT2D eigenvalue weighted by atomic mass is 16.5. The summed E-state index contributed by atoms with van der Waals surface area (Å²) in [6, 6.07) is 0. The van der Waals surface area contributed by atoms with E-state index in [4.69, 9.17) is 4.74 Å². The molecule has 0 amide bonds. The molecule has 0 aromatic carbocycles. The van der Waals surface area contributed by atoms with Gasteiger partial charge in [0, 0.05) is 25.4 Å². The number of Topliss-reactive ketones (excluding diaryl/α,β-unsaturated/α-hetero) is 1. The number of hydrogen-bond donors (Lipinski definition) is 0. The van der Waals surface area contributed by atoms with Crippen LogP contribution in [0.4, 0.5) is 0 Å². The molecule has 4 nitrogen and oxygen atoms in total. The van der Waals surface area contributed by atoms with Crippen LogP contribution in [0.15, 0.2) is 18.7 Å². The summed E-state index contributed by atoms with van der Waals surface area (Å²) < 4.78 is 5.50. The molecule has 1 fully saturated rings. The van der Waals surface area contributed by atoms with E-state index in [1.165, 1.54) is 6.33 Å². The fourth-order valence-corrected chi connectivity index (χ4v) is 1.95. The SMILES string of the molecule is O=C(CCCC1CCCO1)c1cncnc1. The van der Waals surface area contributed by atoms with Crippen LogP contribution in [0.5, 0.6) is 0 Å². The molecule has 2 heterocycles. The summed E-state index contributed by atoms with van der Waals surface area (Å²) in [5.74, 6) is 0.124. The molecular weight excluding hydrogens is 204 g/mol. The molecule has 1 saturated heterocycles. The first-order valence-corrected chi connectivity index (χ1v) is 5.76. The van der Waals surface area contributed by atoms with Gasteiger partial charge in [-0.15, -0.1) is 0 Å². The average molecular weight is 220 g/mol. The monoisotopic (exact) mass is 220 g/mol. The lowest BCUT2D eigenvalue weighted by Crippen LogP contribution is -2.06. The van der Waals surface area contributed by atoms with Crippen LogP contribution in [-0.4, -0.2) is 28.5 Å². The summed E-state index contributed by atoms with van der Waals surface area (Å²) in [4.78, 5) is 19.4. The smallest absolute Gasteiger partial charge is 0.165 e. The van der Waals surface area contributed by atoms with Crippen molar-refractivity contribution in [1.29, 1.82) is 0 Å². The fourth-order valence-electron chi connectivity index (χ4n) is 1.95. The van der Waals surface area contributed by atoms with E-state index in [0.717, 1.165) is 32.3 Å². The average Bonchev–Trinajstić information content (AvgIpc) is 2.83. The van der Waals surface area contributed by atoms with Gasteiger partial charge in [-0.05, 0) is 25.7 Å². The third-order valence-corrected chi connectivity index (χ3v) is 2.84. The van der Waals surface area contributed by atoms with Gasteiger partial charge in [0.25, 0.3) is 0 Å². The van der Waals surface area contributed by atoms with Crippen molar-refractivity contribution in [2.75, 3.05) is 6.61 Å². The molecule has 1 aliphatic heterocycles. The van der Waals surface area contributed by atoms with Crippen molar-refractivity contribution in [3.05, 3.63) is 24.3 Å². The number of ketones is 1. The third-order valence-electron chi connectivity index (χ3n) is 2.84. The molecule has 1 aliphatic rings. The summed E-state index contributed by atoms with van der Waals surface area (Å²) in [5, 5.41) is 0. The Morgan fingerprint density at radius 2 is 2.25 bits per heavy atom. The Morgan fingerprint density at radius 1 is 1.44 bits per heavy atom. The maximum atomic E-state index is 11.7. The summed E-state index contributed by atoms with van der Waals surface area (Å²) in [7, 11) is 0. The van der Waals surface area contributed by atoms with Gasteiger partial charge in [0.2, 0.25) is 0 Å². The van der Waals surface area contributed by atoms with E-state index >= 15 is 0 Å². The lowest BCUT2D eigenvalue weighted by Gasteiger charge is -2.07. The summed E-state index contributed by atoms with van der Waals surface area (Å²) in [6.45, 7) is 0.880. The van der Waals surface area contributed by atoms with Gasteiger partial charge < -0.3 is 4.74 Å². The first-order valence-electron chi connectivity index (χ1n) is 5.76. The Hall–Kier alpha value is -1.29. The lowest BCUT2D eigenvalue weighted by molar-refractivity contribution is 0.0922. The summed E-state index contributed by atoms with van der Waals surface area (Å²) in [5.41, 5.74) is 0.606. The zero-order chi connectivity index (χ0) is 11.2. The minimum Gasteiger partial charge on any atom is -0.378 e. The van der Waals surface area contributed by atoms with Crippen LogP contribution in [-0.2, 0) is 4.74 Å². The first-order chi connectivity index (χ1) is 7.86.